The van der Waals surface area contributed by atoms with Crippen LogP contribution < -0.4 is 19.1 Å². The number of rotatable bonds is 8. The molecular weight excluding hydrogens is 452 g/mol. The molecule has 1 aliphatic rings. The minimum absolute atomic E-state index is 0.0274. The SMILES string of the molecule is COc1ccc(OC)c2sc(N(CC3CCCO3)C(=O)COc3ccc4ccccc4c3)nc12. The van der Waals surface area contributed by atoms with E-state index in [1.54, 1.807) is 19.1 Å². The van der Waals surface area contributed by atoms with Gasteiger partial charge in [0.2, 0.25) is 0 Å². The van der Waals surface area contributed by atoms with E-state index in [0.717, 1.165) is 28.3 Å². The number of carbonyl (C=O) groups excluding carboxylic acids is 1. The summed E-state index contributed by atoms with van der Waals surface area (Å²) in [6.45, 7) is 1.03. The fourth-order valence-electron chi connectivity index (χ4n) is 4.15. The number of ether oxygens (including phenoxy) is 4. The minimum Gasteiger partial charge on any atom is -0.495 e. The quantitative estimate of drug-likeness (QED) is 0.353. The van der Waals surface area contributed by atoms with Crippen molar-refractivity contribution in [1.29, 1.82) is 0 Å². The summed E-state index contributed by atoms with van der Waals surface area (Å²) in [6.07, 6.45) is 1.87. The van der Waals surface area contributed by atoms with Crippen molar-refractivity contribution in [3.8, 4) is 17.2 Å². The summed E-state index contributed by atoms with van der Waals surface area (Å²) < 4.78 is 23.6. The lowest BCUT2D eigenvalue weighted by Gasteiger charge is -2.23. The van der Waals surface area contributed by atoms with Crippen LogP contribution in [-0.4, -0.2) is 51.0 Å². The lowest BCUT2D eigenvalue weighted by molar-refractivity contribution is -0.120. The average molecular weight is 479 g/mol. The molecule has 0 saturated carbocycles. The molecule has 7 nitrogen and oxygen atoms in total. The number of carbonyl (C=O) groups is 1. The summed E-state index contributed by atoms with van der Waals surface area (Å²) in [5.41, 5.74) is 0.669. The number of amides is 1. The molecular formula is C26H26N2O5S. The van der Waals surface area contributed by atoms with Gasteiger partial charge in [0, 0.05) is 6.61 Å². The van der Waals surface area contributed by atoms with Crippen LogP contribution in [0, 0.1) is 0 Å². The predicted octanol–water partition coefficient (Wildman–Crippen LogP) is 5.06. The van der Waals surface area contributed by atoms with Crippen LogP contribution in [0.5, 0.6) is 17.2 Å². The van der Waals surface area contributed by atoms with Gasteiger partial charge in [0.15, 0.2) is 11.7 Å². The molecule has 0 spiro atoms. The lowest BCUT2D eigenvalue weighted by atomic mass is 10.1. The number of hydrogen-bond acceptors (Lipinski definition) is 7. The number of fused-ring (bicyclic) bond motifs is 2. The minimum atomic E-state index is -0.180. The smallest absolute Gasteiger partial charge is 0.266 e. The van der Waals surface area contributed by atoms with Crippen molar-refractivity contribution >= 4 is 43.4 Å². The highest BCUT2D eigenvalue weighted by Gasteiger charge is 2.27. The van der Waals surface area contributed by atoms with E-state index in [4.69, 9.17) is 23.9 Å². The van der Waals surface area contributed by atoms with Crippen LogP contribution in [-0.2, 0) is 9.53 Å². The maximum atomic E-state index is 13.4. The van der Waals surface area contributed by atoms with Crippen LogP contribution in [0.2, 0.25) is 0 Å². The van der Waals surface area contributed by atoms with Crippen molar-refractivity contribution in [3.63, 3.8) is 0 Å². The van der Waals surface area contributed by atoms with E-state index in [1.807, 2.05) is 54.6 Å². The number of nitrogens with zero attached hydrogens (tertiary/aromatic N) is 2. The molecule has 4 aromatic rings. The summed E-state index contributed by atoms with van der Waals surface area (Å²) in [5.74, 6) is 1.80. The molecule has 1 aliphatic heterocycles. The molecule has 1 atom stereocenters. The zero-order valence-electron chi connectivity index (χ0n) is 19.2. The molecule has 1 amide bonds. The largest absolute Gasteiger partial charge is 0.495 e. The maximum Gasteiger partial charge on any atom is 0.266 e. The van der Waals surface area contributed by atoms with Crippen LogP contribution in [0.25, 0.3) is 21.0 Å². The maximum absolute atomic E-state index is 13.4. The fourth-order valence-corrected chi connectivity index (χ4v) is 5.25. The first kappa shape index (κ1) is 22.4. The standard InChI is InChI=1S/C26H26N2O5S/c1-30-21-11-12-22(31-2)25-24(21)27-26(34-25)28(15-20-8-5-13-32-20)23(29)16-33-19-10-9-17-6-3-4-7-18(17)14-19/h3-4,6-7,9-12,14,20H,5,8,13,15-16H2,1-2H3. The zero-order chi connectivity index (χ0) is 23.5. The number of methoxy groups -OCH3 is 2. The van der Waals surface area contributed by atoms with Crippen LogP contribution in [0.15, 0.2) is 54.6 Å². The number of aromatic nitrogens is 1. The summed E-state index contributed by atoms with van der Waals surface area (Å²) >= 11 is 1.40. The van der Waals surface area contributed by atoms with Gasteiger partial charge in [-0.3, -0.25) is 9.69 Å². The Balaban J connectivity index is 1.42. The van der Waals surface area contributed by atoms with Crippen molar-refractivity contribution in [2.75, 3.05) is 38.9 Å². The Morgan fingerprint density at radius 3 is 2.65 bits per heavy atom. The fraction of sp³-hybridized carbons (Fsp3) is 0.308. The first-order chi connectivity index (χ1) is 16.7. The van der Waals surface area contributed by atoms with Crippen molar-refractivity contribution in [1.82, 2.24) is 4.98 Å². The van der Waals surface area contributed by atoms with Crippen molar-refractivity contribution in [2.45, 2.75) is 18.9 Å². The third kappa shape index (κ3) is 4.51. The second kappa shape index (κ2) is 9.87. The first-order valence-corrected chi connectivity index (χ1v) is 12.0. The van der Waals surface area contributed by atoms with Gasteiger partial charge in [-0.2, -0.15) is 0 Å². The van der Waals surface area contributed by atoms with Gasteiger partial charge in [-0.1, -0.05) is 41.7 Å². The molecule has 0 bridgehead atoms. The molecule has 5 rings (SSSR count). The summed E-state index contributed by atoms with van der Waals surface area (Å²) in [6, 6.07) is 17.5. The Hall–Kier alpha value is -3.36. The second-order valence-corrected chi connectivity index (χ2v) is 9.06. The monoisotopic (exact) mass is 478 g/mol. The van der Waals surface area contributed by atoms with Crippen LogP contribution in [0.1, 0.15) is 12.8 Å². The number of thiazole rings is 1. The predicted molar refractivity (Wildman–Crippen MR) is 133 cm³/mol. The van der Waals surface area contributed by atoms with E-state index in [-0.39, 0.29) is 18.6 Å². The third-order valence-corrected chi connectivity index (χ3v) is 7.02. The van der Waals surface area contributed by atoms with Crippen molar-refractivity contribution in [3.05, 3.63) is 54.6 Å². The zero-order valence-corrected chi connectivity index (χ0v) is 20.0. The third-order valence-electron chi connectivity index (χ3n) is 5.92. The summed E-state index contributed by atoms with van der Waals surface area (Å²) in [7, 11) is 3.22. The lowest BCUT2D eigenvalue weighted by Crippen LogP contribution is -2.40. The summed E-state index contributed by atoms with van der Waals surface area (Å²) in [4.78, 5) is 19.8. The van der Waals surface area contributed by atoms with Gasteiger partial charge < -0.3 is 18.9 Å². The molecule has 2 heterocycles. The van der Waals surface area contributed by atoms with E-state index in [2.05, 4.69) is 0 Å². The molecule has 1 saturated heterocycles. The van der Waals surface area contributed by atoms with Gasteiger partial charge in [0.05, 0.1) is 26.9 Å². The van der Waals surface area contributed by atoms with Crippen LogP contribution in [0.4, 0.5) is 5.13 Å². The van der Waals surface area contributed by atoms with E-state index >= 15 is 0 Å². The van der Waals surface area contributed by atoms with E-state index in [0.29, 0.717) is 41.0 Å². The Morgan fingerprint density at radius 1 is 1.09 bits per heavy atom. The molecule has 0 N–H and O–H groups in total. The number of benzene rings is 3. The van der Waals surface area contributed by atoms with Gasteiger partial charge in [0.1, 0.15) is 27.5 Å². The van der Waals surface area contributed by atoms with Crippen molar-refractivity contribution < 1.29 is 23.7 Å². The van der Waals surface area contributed by atoms with Gasteiger partial charge >= 0.3 is 0 Å². The second-order valence-electron chi connectivity index (χ2n) is 8.08. The van der Waals surface area contributed by atoms with Crippen LogP contribution >= 0.6 is 11.3 Å². The number of hydrogen-bond donors (Lipinski definition) is 0. The van der Waals surface area contributed by atoms with Crippen molar-refractivity contribution in [2.24, 2.45) is 0 Å². The molecule has 176 valence electrons. The Morgan fingerprint density at radius 2 is 1.88 bits per heavy atom. The highest BCUT2D eigenvalue weighted by Crippen LogP contribution is 2.40. The normalized spacial score (nSPS) is 15.5. The van der Waals surface area contributed by atoms with E-state index in [9.17, 15) is 4.79 Å². The van der Waals surface area contributed by atoms with Gasteiger partial charge in [-0.05, 0) is 47.9 Å². The molecule has 1 unspecified atom stereocenters. The van der Waals surface area contributed by atoms with E-state index in [1.165, 1.54) is 11.3 Å². The molecule has 1 aromatic heterocycles. The Kier molecular flexibility index (Phi) is 6.51. The van der Waals surface area contributed by atoms with Gasteiger partial charge in [-0.25, -0.2) is 4.98 Å². The number of anilines is 1. The molecule has 0 aliphatic carbocycles. The topological polar surface area (TPSA) is 70.1 Å². The van der Waals surface area contributed by atoms with Gasteiger partial charge in [-0.15, -0.1) is 0 Å². The molecule has 8 heteroatoms. The molecule has 1 fully saturated rings. The molecule has 3 aromatic carbocycles. The highest BCUT2D eigenvalue weighted by molar-refractivity contribution is 7.22. The molecule has 34 heavy (non-hydrogen) atoms. The van der Waals surface area contributed by atoms with E-state index < -0.39 is 0 Å². The highest BCUT2D eigenvalue weighted by atomic mass is 32.1. The van der Waals surface area contributed by atoms with Crippen LogP contribution in [0.3, 0.4) is 0 Å². The van der Waals surface area contributed by atoms with Gasteiger partial charge in [0.25, 0.3) is 5.91 Å². The first-order valence-electron chi connectivity index (χ1n) is 11.2. The summed E-state index contributed by atoms with van der Waals surface area (Å²) in [5, 5.41) is 2.76. The Labute approximate surface area is 201 Å². The molecule has 0 radical (unpaired) electrons. The average Bonchev–Trinajstić information content (AvgIpc) is 3.55. The Bertz CT molecular complexity index is 1270.